The van der Waals surface area contributed by atoms with Gasteiger partial charge < -0.3 is 10.2 Å². The fraction of sp³-hybridized carbons (Fsp3) is 0.217. The maximum atomic E-state index is 13.5. The van der Waals surface area contributed by atoms with Gasteiger partial charge in [0.25, 0.3) is 11.8 Å². The molecule has 2 amide bonds. The van der Waals surface area contributed by atoms with E-state index in [1.165, 1.54) is 16.9 Å². The first-order valence-electron chi connectivity index (χ1n) is 9.45. The van der Waals surface area contributed by atoms with Gasteiger partial charge in [-0.05, 0) is 49.1 Å². The van der Waals surface area contributed by atoms with Gasteiger partial charge >= 0.3 is 0 Å². The first-order valence-corrected chi connectivity index (χ1v) is 10.3. The summed E-state index contributed by atoms with van der Waals surface area (Å²) in [4.78, 5) is 29.9. The summed E-state index contributed by atoms with van der Waals surface area (Å²) >= 11 is 1.43. The minimum atomic E-state index is -0.720. The van der Waals surface area contributed by atoms with Crippen molar-refractivity contribution >= 4 is 28.8 Å². The van der Waals surface area contributed by atoms with Crippen LogP contribution in [-0.4, -0.2) is 18.4 Å². The van der Waals surface area contributed by atoms with Gasteiger partial charge in [0.1, 0.15) is 6.04 Å². The molecule has 0 saturated heterocycles. The van der Waals surface area contributed by atoms with Gasteiger partial charge in [0, 0.05) is 17.1 Å². The molecule has 4 rings (SSSR count). The number of carbonyl (C=O) groups excluding carboxylic acids is 2. The Morgan fingerprint density at radius 3 is 2.50 bits per heavy atom. The van der Waals surface area contributed by atoms with Crippen LogP contribution in [0, 0.1) is 6.92 Å². The number of hydrogen-bond donors (Lipinski definition) is 1. The van der Waals surface area contributed by atoms with Crippen molar-refractivity contribution in [3.05, 3.63) is 87.6 Å². The van der Waals surface area contributed by atoms with Gasteiger partial charge in [-0.2, -0.15) is 0 Å². The lowest BCUT2D eigenvalue weighted by atomic mass is 9.99. The minimum Gasteiger partial charge on any atom is -0.336 e. The van der Waals surface area contributed by atoms with Crippen LogP contribution in [0.2, 0.25) is 0 Å². The predicted octanol–water partition coefficient (Wildman–Crippen LogP) is 4.51. The number of nitrogens with zero attached hydrogens (tertiary/aromatic N) is 1. The molecule has 1 aliphatic rings. The fourth-order valence-corrected chi connectivity index (χ4v) is 4.38. The van der Waals surface area contributed by atoms with E-state index >= 15 is 0 Å². The monoisotopic (exact) mass is 390 g/mol. The molecule has 0 unspecified atom stereocenters. The third-order valence-electron chi connectivity index (χ3n) is 5.00. The number of fused-ring (bicyclic) bond motifs is 1. The van der Waals surface area contributed by atoms with Gasteiger partial charge in [0.2, 0.25) is 0 Å². The number of nitrogens with one attached hydrogen (secondary N) is 1. The summed E-state index contributed by atoms with van der Waals surface area (Å²) in [5, 5.41) is 2.97. The van der Waals surface area contributed by atoms with Gasteiger partial charge in [-0.25, -0.2) is 0 Å². The summed E-state index contributed by atoms with van der Waals surface area (Å²) in [6.45, 7) is 2.62. The van der Waals surface area contributed by atoms with Crippen molar-refractivity contribution in [1.82, 2.24) is 5.32 Å². The van der Waals surface area contributed by atoms with Crippen molar-refractivity contribution in [3.8, 4) is 0 Å². The zero-order chi connectivity index (χ0) is 19.5. The van der Waals surface area contributed by atoms with E-state index in [2.05, 4.69) is 11.4 Å². The molecule has 0 saturated carbocycles. The zero-order valence-electron chi connectivity index (χ0n) is 15.7. The number of benzene rings is 2. The molecule has 1 N–H and O–H groups in total. The average Bonchev–Trinajstić information content (AvgIpc) is 3.18. The highest BCUT2D eigenvalue weighted by molar-refractivity contribution is 7.13. The Morgan fingerprint density at radius 1 is 1.00 bits per heavy atom. The van der Waals surface area contributed by atoms with Crippen LogP contribution >= 0.6 is 11.3 Å². The summed E-state index contributed by atoms with van der Waals surface area (Å²) in [5.74, 6) is -0.314. The molecule has 4 nitrogen and oxygen atoms in total. The number of rotatable bonds is 4. The van der Waals surface area contributed by atoms with Gasteiger partial charge in [-0.15, -0.1) is 11.3 Å². The van der Waals surface area contributed by atoms with E-state index < -0.39 is 6.04 Å². The molecule has 0 fully saturated rings. The molecule has 1 aromatic heterocycles. The van der Waals surface area contributed by atoms with Crippen LogP contribution in [0.25, 0.3) is 0 Å². The number of carbonyl (C=O) groups is 2. The first-order chi connectivity index (χ1) is 13.6. The second-order valence-electron chi connectivity index (χ2n) is 6.95. The summed E-state index contributed by atoms with van der Waals surface area (Å²) in [7, 11) is 0. The van der Waals surface area contributed by atoms with Crippen LogP contribution in [-0.2, 0) is 11.2 Å². The molecular weight excluding hydrogens is 368 g/mol. The molecule has 0 aliphatic carbocycles. The van der Waals surface area contributed by atoms with E-state index in [4.69, 9.17) is 0 Å². The molecule has 1 aliphatic heterocycles. The van der Waals surface area contributed by atoms with Crippen LogP contribution in [0.4, 0.5) is 5.69 Å². The van der Waals surface area contributed by atoms with Crippen LogP contribution in [0.5, 0.6) is 0 Å². The molecule has 0 spiro atoms. The number of para-hydroxylation sites is 1. The molecule has 0 bridgehead atoms. The number of thiophene rings is 1. The smallest absolute Gasteiger partial charge is 0.262 e. The van der Waals surface area contributed by atoms with Crippen molar-refractivity contribution in [2.24, 2.45) is 0 Å². The summed E-state index contributed by atoms with van der Waals surface area (Å²) in [6, 6.07) is 20.5. The standard InChI is InChI=1S/C23H22N2O2S/c1-16-13-14-20(28-16)22(26)24-21(18-9-3-2-4-10-18)23(27)25-15-7-11-17-8-5-6-12-19(17)25/h2-6,8-10,12-14,21H,7,11,15H2,1H3,(H,24,26)/t21-/m1/s1. The first kappa shape index (κ1) is 18.4. The van der Waals surface area contributed by atoms with Crippen LogP contribution < -0.4 is 10.2 Å². The van der Waals surface area contributed by atoms with E-state index in [0.717, 1.165) is 29.0 Å². The fourth-order valence-electron chi connectivity index (χ4n) is 3.61. The molecule has 3 aromatic rings. The zero-order valence-corrected chi connectivity index (χ0v) is 16.5. The number of hydrogen-bond acceptors (Lipinski definition) is 3. The topological polar surface area (TPSA) is 49.4 Å². The molecule has 0 radical (unpaired) electrons. The van der Waals surface area contributed by atoms with Crippen LogP contribution in [0.15, 0.2) is 66.7 Å². The van der Waals surface area contributed by atoms with Crippen molar-refractivity contribution in [1.29, 1.82) is 0 Å². The highest BCUT2D eigenvalue weighted by Gasteiger charge is 2.31. The van der Waals surface area contributed by atoms with E-state index in [9.17, 15) is 9.59 Å². The third-order valence-corrected chi connectivity index (χ3v) is 6.00. The second-order valence-corrected chi connectivity index (χ2v) is 8.24. The molecule has 142 valence electrons. The van der Waals surface area contributed by atoms with Gasteiger partial charge in [0.15, 0.2) is 0 Å². The van der Waals surface area contributed by atoms with Crippen molar-refractivity contribution in [2.45, 2.75) is 25.8 Å². The minimum absolute atomic E-state index is 0.0972. The summed E-state index contributed by atoms with van der Waals surface area (Å²) in [6.07, 6.45) is 1.89. The van der Waals surface area contributed by atoms with Gasteiger partial charge in [0.05, 0.1) is 4.88 Å². The summed E-state index contributed by atoms with van der Waals surface area (Å²) in [5.41, 5.74) is 2.91. The average molecular weight is 391 g/mol. The molecule has 2 aromatic carbocycles. The molecular formula is C23H22N2O2S. The van der Waals surface area contributed by atoms with Gasteiger partial charge in [-0.1, -0.05) is 48.5 Å². The van der Waals surface area contributed by atoms with Crippen molar-refractivity contribution < 1.29 is 9.59 Å². The van der Waals surface area contributed by atoms with Crippen LogP contribution in [0.3, 0.4) is 0 Å². The molecule has 1 atom stereocenters. The maximum Gasteiger partial charge on any atom is 0.262 e. The van der Waals surface area contributed by atoms with Crippen molar-refractivity contribution in [2.75, 3.05) is 11.4 Å². The Balaban J connectivity index is 1.66. The normalized spacial score (nSPS) is 14.2. The maximum absolute atomic E-state index is 13.5. The number of aryl methyl sites for hydroxylation is 2. The van der Waals surface area contributed by atoms with Crippen molar-refractivity contribution in [3.63, 3.8) is 0 Å². The third kappa shape index (κ3) is 3.71. The molecule has 2 heterocycles. The SMILES string of the molecule is Cc1ccc(C(=O)N[C@@H](C(=O)N2CCCc3ccccc32)c2ccccc2)s1. The largest absolute Gasteiger partial charge is 0.336 e. The Labute approximate surface area is 168 Å². The quantitative estimate of drug-likeness (QED) is 0.713. The van der Waals surface area contributed by atoms with E-state index in [0.29, 0.717) is 11.4 Å². The van der Waals surface area contributed by atoms with E-state index in [1.54, 1.807) is 6.07 Å². The lowest BCUT2D eigenvalue weighted by Gasteiger charge is -2.32. The summed E-state index contributed by atoms with van der Waals surface area (Å²) < 4.78 is 0. The predicted molar refractivity (Wildman–Crippen MR) is 113 cm³/mol. The molecule has 28 heavy (non-hydrogen) atoms. The lowest BCUT2D eigenvalue weighted by molar-refractivity contribution is -0.120. The number of amides is 2. The van der Waals surface area contributed by atoms with E-state index in [-0.39, 0.29) is 11.8 Å². The van der Waals surface area contributed by atoms with Gasteiger partial charge in [-0.3, -0.25) is 9.59 Å². The Kier molecular flexibility index (Phi) is 5.26. The Morgan fingerprint density at radius 2 is 1.75 bits per heavy atom. The highest BCUT2D eigenvalue weighted by Crippen LogP contribution is 2.30. The van der Waals surface area contributed by atoms with Crippen LogP contribution in [0.1, 0.15) is 38.1 Å². The molecule has 5 heteroatoms. The Hall–Kier alpha value is -2.92. The van der Waals surface area contributed by atoms with E-state index in [1.807, 2.05) is 66.4 Å². The second kappa shape index (κ2) is 7.98. The number of anilines is 1. The Bertz CT molecular complexity index is 997. The highest BCUT2D eigenvalue weighted by atomic mass is 32.1. The lowest BCUT2D eigenvalue weighted by Crippen LogP contribution is -2.45.